The summed E-state index contributed by atoms with van der Waals surface area (Å²) in [4.78, 5) is 51.2. The first-order valence-electron chi connectivity index (χ1n) is 31.8. The molecular formula is C71H110O12. The van der Waals surface area contributed by atoms with Gasteiger partial charge < -0.3 is 39.0 Å². The number of ether oxygens (including phenoxy) is 5. The topological polar surface area (TPSA) is 175 Å². The number of allylic oxidation sites excluding steroid dienone is 23. The molecule has 1 aliphatic heterocycles. The lowest BCUT2D eigenvalue weighted by atomic mass is 9.98. The lowest BCUT2D eigenvalue weighted by Gasteiger charge is -2.40. The molecule has 0 aromatic heterocycles. The summed E-state index contributed by atoms with van der Waals surface area (Å²) < 4.78 is 28.3. The molecule has 83 heavy (non-hydrogen) atoms. The minimum absolute atomic E-state index is 0.0831. The molecule has 6 atom stereocenters. The summed E-state index contributed by atoms with van der Waals surface area (Å²) in [5.41, 5.74) is 0. The Bertz CT molecular complexity index is 2000. The number of carboxylic acids is 1. The quantitative estimate of drug-likeness (QED) is 0.0228. The molecule has 0 spiro atoms. The number of hydrogen-bond donors (Lipinski definition) is 3. The average molecular weight is 1160 g/mol. The fraction of sp³-hybridized carbons (Fsp3) is 0.606. The van der Waals surface area contributed by atoms with Crippen LogP contribution in [0.3, 0.4) is 0 Å². The second-order valence-electron chi connectivity index (χ2n) is 20.9. The van der Waals surface area contributed by atoms with Gasteiger partial charge in [-0.1, -0.05) is 244 Å². The lowest BCUT2D eigenvalue weighted by molar-refractivity contribution is -0.301. The molecule has 1 saturated heterocycles. The van der Waals surface area contributed by atoms with Crippen molar-refractivity contribution >= 4 is 23.9 Å². The molecule has 0 amide bonds. The van der Waals surface area contributed by atoms with Crippen LogP contribution in [0.15, 0.2) is 146 Å². The standard InChI is InChI=1S/C71H110O12/c1-4-7-10-13-16-19-22-25-28-30-32-34-37-39-42-45-48-51-54-57-63(72)79-60-62(81-64(73)58-55-52-49-46-43-40-36-27-24-21-18-15-12-9-6-3)61-80-71-69(67(76)66(75)68(83-71)70(77)78)82-65(74)59-56-53-50-47-44-41-38-35-33-31-29-26-23-20-17-14-11-8-5-2/h8-9,11-12,17-18,20-21,25-29,33,35-36,41,43-44,46,50,52-53,55,62,66-69,71,75-76H,4-7,10,13-16,19,22-24,30-32,34,37-40,42,45,47-49,51,54,56-61H2,1-3H3,(H,77,78)/b11-8-,12-9-,20-17-,21-18-,28-25-,29-26-,35-33-,36-27-,44-41-,46-43-,53-50-,55-52-. The van der Waals surface area contributed by atoms with Gasteiger partial charge in [-0.05, 0) is 109 Å². The highest BCUT2D eigenvalue weighted by Gasteiger charge is 2.50. The van der Waals surface area contributed by atoms with Crippen LogP contribution in [0, 0.1) is 0 Å². The van der Waals surface area contributed by atoms with Crippen LogP contribution in [0.2, 0.25) is 0 Å². The predicted molar refractivity (Wildman–Crippen MR) is 339 cm³/mol. The van der Waals surface area contributed by atoms with E-state index in [2.05, 4.69) is 124 Å². The molecule has 0 aromatic rings. The van der Waals surface area contributed by atoms with E-state index in [1.807, 2.05) is 36.5 Å². The molecule has 0 aromatic carbocycles. The van der Waals surface area contributed by atoms with E-state index in [0.717, 1.165) is 83.5 Å². The first kappa shape index (κ1) is 75.6. The van der Waals surface area contributed by atoms with Crippen molar-refractivity contribution in [2.45, 2.75) is 263 Å². The Hall–Kier alpha value is -5.40. The molecule has 466 valence electrons. The SMILES string of the molecule is CC/C=C\C/C=C\C/C=C\C/C=C\C/C=C\C/C=C\CCC(=O)OC1C(OCC(COC(=O)CCCCCCCCCCC/C=C\CCCCCCCC)OC(=O)C/C=C\C/C=C\C/C=C\C/C=C\C/C=C\CC)OC(C(=O)O)C(O)C1O. The number of unbranched alkanes of at least 4 members (excludes halogenated alkanes) is 15. The maximum Gasteiger partial charge on any atom is 0.335 e. The van der Waals surface area contributed by atoms with Gasteiger partial charge in [-0.25, -0.2) is 4.79 Å². The Kier molecular flexibility index (Phi) is 52.0. The van der Waals surface area contributed by atoms with Crippen LogP contribution in [0.5, 0.6) is 0 Å². The largest absolute Gasteiger partial charge is 0.479 e. The molecule has 1 heterocycles. The normalized spacial score (nSPS) is 18.6. The number of esters is 3. The van der Waals surface area contributed by atoms with Crippen LogP contribution in [0.1, 0.15) is 226 Å². The second kappa shape index (κ2) is 57.1. The van der Waals surface area contributed by atoms with Crippen molar-refractivity contribution in [3.63, 3.8) is 0 Å². The van der Waals surface area contributed by atoms with Crippen molar-refractivity contribution in [1.82, 2.24) is 0 Å². The zero-order valence-electron chi connectivity index (χ0n) is 51.4. The number of hydrogen-bond acceptors (Lipinski definition) is 11. The highest BCUT2D eigenvalue weighted by atomic mass is 16.7. The molecule has 1 rings (SSSR count). The number of aliphatic carboxylic acids is 1. The Morgan fingerprint density at radius 2 is 0.819 bits per heavy atom. The van der Waals surface area contributed by atoms with Gasteiger partial charge in [0, 0.05) is 12.8 Å². The van der Waals surface area contributed by atoms with Gasteiger partial charge in [0.1, 0.15) is 18.8 Å². The maximum atomic E-state index is 13.1. The average Bonchev–Trinajstić information content (AvgIpc) is 3.60. The van der Waals surface area contributed by atoms with E-state index in [-0.39, 0.29) is 25.9 Å². The van der Waals surface area contributed by atoms with E-state index in [1.165, 1.54) is 77.0 Å². The summed E-state index contributed by atoms with van der Waals surface area (Å²) in [5.74, 6) is -3.42. The first-order valence-corrected chi connectivity index (χ1v) is 31.8. The number of carbonyl (C=O) groups is 4. The third-order valence-electron chi connectivity index (χ3n) is 13.4. The van der Waals surface area contributed by atoms with Crippen molar-refractivity contribution in [3.8, 4) is 0 Å². The van der Waals surface area contributed by atoms with E-state index in [9.17, 15) is 34.5 Å². The number of carbonyl (C=O) groups excluding carboxylic acids is 3. The summed E-state index contributed by atoms with van der Waals surface area (Å²) >= 11 is 0. The van der Waals surface area contributed by atoms with E-state index < -0.39 is 67.3 Å². The summed E-state index contributed by atoms with van der Waals surface area (Å²) in [7, 11) is 0. The van der Waals surface area contributed by atoms with Crippen molar-refractivity contribution in [2.75, 3.05) is 13.2 Å². The van der Waals surface area contributed by atoms with Crippen LogP contribution in [-0.4, -0.2) is 89.2 Å². The van der Waals surface area contributed by atoms with Gasteiger partial charge in [0.15, 0.2) is 24.6 Å². The molecule has 12 nitrogen and oxygen atoms in total. The molecule has 0 bridgehead atoms. The highest BCUT2D eigenvalue weighted by Crippen LogP contribution is 2.26. The van der Waals surface area contributed by atoms with Gasteiger partial charge in [0.2, 0.25) is 0 Å². The van der Waals surface area contributed by atoms with Gasteiger partial charge in [-0.3, -0.25) is 14.4 Å². The number of aliphatic hydroxyl groups is 2. The predicted octanol–water partition coefficient (Wildman–Crippen LogP) is 17.1. The van der Waals surface area contributed by atoms with Gasteiger partial charge >= 0.3 is 23.9 Å². The van der Waals surface area contributed by atoms with E-state index >= 15 is 0 Å². The van der Waals surface area contributed by atoms with E-state index in [4.69, 9.17) is 23.7 Å². The monoisotopic (exact) mass is 1150 g/mol. The summed E-state index contributed by atoms with van der Waals surface area (Å²) in [5, 5.41) is 31.5. The minimum Gasteiger partial charge on any atom is -0.479 e. The smallest absolute Gasteiger partial charge is 0.335 e. The van der Waals surface area contributed by atoms with Crippen LogP contribution in [0.25, 0.3) is 0 Å². The molecule has 1 aliphatic rings. The zero-order valence-corrected chi connectivity index (χ0v) is 51.4. The summed E-state index contributed by atoms with van der Waals surface area (Å²) in [6.07, 6.45) is 69.9. The van der Waals surface area contributed by atoms with E-state index in [0.29, 0.717) is 25.7 Å². The Balaban J connectivity index is 2.75. The fourth-order valence-corrected chi connectivity index (χ4v) is 8.64. The summed E-state index contributed by atoms with van der Waals surface area (Å²) in [6, 6.07) is 0. The highest BCUT2D eigenvalue weighted by molar-refractivity contribution is 5.74. The van der Waals surface area contributed by atoms with Gasteiger partial charge in [-0.15, -0.1) is 0 Å². The minimum atomic E-state index is -1.95. The van der Waals surface area contributed by atoms with Gasteiger partial charge in [0.25, 0.3) is 0 Å². The van der Waals surface area contributed by atoms with Gasteiger partial charge in [0.05, 0.1) is 13.0 Å². The molecule has 0 saturated carbocycles. The van der Waals surface area contributed by atoms with Gasteiger partial charge in [-0.2, -0.15) is 0 Å². The number of rotatable bonds is 52. The molecule has 12 heteroatoms. The van der Waals surface area contributed by atoms with Crippen LogP contribution in [-0.2, 0) is 42.9 Å². The van der Waals surface area contributed by atoms with Crippen molar-refractivity contribution < 1.29 is 58.2 Å². The molecule has 0 radical (unpaired) electrons. The first-order chi connectivity index (χ1) is 40.6. The second-order valence-corrected chi connectivity index (χ2v) is 20.9. The van der Waals surface area contributed by atoms with E-state index in [1.54, 1.807) is 6.08 Å². The molecular weight excluding hydrogens is 1040 g/mol. The molecule has 3 N–H and O–H groups in total. The molecule has 0 aliphatic carbocycles. The zero-order chi connectivity index (χ0) is 60.3. The van der Waals surface area contributed by atoms with Crippen molar-refractivity contribution in [2.24, 2.45) is 0 Å². The summed E-state index contributed by atoms with van der Waals surface area (Å²) in [6.45, 7) is 5.65. The van der Waals surface area contributed by atoms with Crippen LogP contribution < -0.4 is 0 Å². The molecule has 1 fully saturated rings. The third kappa shape index (κ3) is 46.6. The Morgan fingerprint density at radius 3 is 1.27 bits per heavy atom. The Morgan fingerprint density at radius 1 is 0.422 bits per heavy atom. The Labute approximate surface area is 502 Å². The van der Waals surface area contributed by atoms with Crippen molar-refractivity contribution in [1.29, 1.82) is 0 Å². The molecule has 6 unspecified atom stereocenters. The lowest BCUT2D eigenvalue weighted by Crippen LogP contribution is -2.61. The number of aliphatic hydroxyl groups excluding tert-OH is 2. The third-order valence-corrected chi connectivity index (χ3v) is 13.4. The van der Waals surface area contributed by atoms with Crippen LogP contribution in [0.4, 0.5) is 0 Å². The van der Waals surface area contributed by atoms with Crippen LogP contribution >= 0.6 is 0 Å². The number of carboxylic acid groups (broad SMARTS) is 1. The maximum absolute atomic E-state index is 13.1. The van der Waals surface area contributed by atoms with Crippen molar-refractivity contribution in [3.05, 3.63) is 146 Å². The fourth-order valence-electron chi connectivity index (χ4n) is 8.64.